The standard InChI is InChI=1S/C30H24N2/c1-21-15-17-22(18-16-21)28-20-29(32(31-28)25-11-3-2-4-12-25)30-26-13-7-5-9-23(26)19-24-10-6-8-14-27(24)30/h2-19,29H,20H2,1H3. The Labute approximate surface area is 188 Å². The Kier molecular flexibility index (Phi) is 4.50. The SMILES string of the molecule is Cc1ccc(C2=NN(c3ccccc3)C(c3c4ccccc4cc4ccccc34)C2)cc1. The van der Waals surface area contributed by atoms with Crippen molar-refractivity contribution in [2.45, 2.75) is 19.4 Å². The molecule has 1 aliphatic heterocycles. The molecule has 1 aliphatic rings. The van der Waals surface area contributed by atoms with Crippen LogP contribution in [0.4, 0.5) is 5.69 Å². The molecule has 154 valence electrons. The summed E-state index contributed by atoms with van der Waals surface area (Å²) in [5.41, 5.74) is 6.08. The van der Waals surface area contributed by atoms with Crippen molar-refractivity contribution in [3.63, 3.8) is 0 Å². The predicted molar refractivity (Wildman–Crippen MR) is 135 cm³/mol. The second-order valence-electron chi connectivity index (χ2n) is 8.55. The Bertz CT molecular complexity index is 1400. The van der Waals surface area contributed by atoms with Gasteiger partial charge in [0, 0.05) is 6.42 Å². The number of anilines is 1. The van der Waals surface area contributed by atoms with Gasteiger partial charge in [0.1, 0.15) is 0 Å². The summed E-state index contributed by atoms with van der Waals surface area (Å²) < 4.78 is 0. The first-order valence-electron chi connectivity index (χ1n) is 11.2. The lowest BCUT2D eigenvalue weighted by molar-refractivity contribution is 0.719. The molecule has 0 N–H and O–H groups in total. The third kappa shape index (κ3) is 3.16. The lowest BCUT2D eigenvalue weighted by Crippen LogP contribution is -2.19. The van der Waals surface area contributed by atoms with Gasteiger partial charge in [0.15, 0.2) is 0 Å². The lowest BCUT2D eigenvalue weighted by atomic mass is 9.89. The van der Waals surface area contributed by atoms with E-state index in [2.05, 4.69) is 121 Å². The molecule has 32 heavy (non-hydrogen) atoms. The molecule has 6 rings (SSSR count). The van der Waals surface area contributed by atoms with Crippen molar-refractivity contribution in [2.24, 2.45) is 5.10 Å². The van der Waals surface area contributed by atoms with Gasteiger partial charge < -0.3 is 0 Å². The number of hydrazone groups is 1. The highest BCUT2D eigenvalue weighted by Crippen LogP contribution is 2.42. The van der Waals surface area contributed by atoms with Crippen molar-refractivity contribution >= 4 is 32.9 Å². The second kappa shape index (κ2) is 7.65. The van der Waals surface area contributed by atoms with Gasteiger partial charge in [0.2, 0.25) is 0 Å². The second-order valence-corrected chi connectivity index (χ2v) is 8.55. The Morgan fingerprint density at radius 2 is 1.28 bits per heavy atom. The molecule has 2 heteroatoms. The minimum atomic E-state index is 0.129. The molecule has 0 aliphatic carbocycles. The van der Waals surface area contributed by atoms with Gasteiger partial charge in [0.25, 0.3) is 0 Å². The Morgan fingerprint density at radius 3 is 1.94 bits per heavy atom. The number of hydrogen-bond acceptors (Lipinski definition) is 2. The van der Waals surface area contributed by atoms with E-state index in [9.17, 15) is 0 Å². The fraction of sp³-hybridized carbons (Fsp3) is 0.100. The quantitative estimate of drug-likeness (QED) is 0.278. The lowest BCUT2D eigenvalue weighted by Gasteiger charge is -2.26. The van der Waals surface area contributed by atoms with Gasteiger partial charge in [-0.1, -0.05) is 96.6 Å². The molecule has 1 heterocycles. The number of fused-ring (bicyclic) bond motifs is 2. The zero-order chi connectivity index (χ0) is 21.5. The van der Waals surface area contributed by atoms with Crippen LogP contribution in [0.1, 0.15) is 29.2 Å². The third-order valence-corrected chi connectivity index (χ3v) is 6.46. The molecule has 0 radical (unpaired) electrons. The maximum atomic E-state index is 5.18. The molecule has 5 aromatic rings. The van der Waals surface area contributed by atoms with Crippen LogP contribution < -0.4 is 5.01 Å². The van der Waals surface area contributed by atoms with Crippen molar-refractivity contribution in [2.75, 3.05) is 5.01 Å². The van der Waals surface area contributed by atoms with E-state index in [1.54, 1.807) is 0 Å². The van der Waals surface area contributed by atoms with Gasteiger partial charge in [-0.2, -0.15) is 5.10 Å². The highest BCUT2D eigenvalue weighted by atomic mass is 15.5. The molecule has 5 aromatic carbocycles. The number of aryl methyl sites for hydroxylation is 1. The Morgan fingerprint density at radius 1 is 0.688 bits per heavy atom. The highest BCUT2D eigenvalue weighted by molar-refractivity contribution is 6.07. The van der Waals surface area contributed by atoms with Crippen molar-refractivity contribution in [3.8, 4) is 0 Å². The molecule has 0 bridgehead atoms. The normalized spacial score (nSPS) is 16.0. The molecule has 0 spiro atoms. The summed E-state index contributed by atoms with van der Waals surface area (Å²) in [5.74, 6) is 0. The van der Waals surface area contributed by atoms with Crippen LogP contribution in [0.5, 0.6) is 0 Å². The van der Waals surface area contributed by atoms with E-state index in [1.807, 2.05) is 0 Å². The van der Waals surface area contributed by atoms with Crippen LogP contribution in [0.15, 0.2) is 114 Å². The number of para-hydroxylation sites is 1. The van der Waals surface area contributed by atoms with Crippen molar-refractivity contribution < 1.29 is 0 Å². The molecule has 1 atom stereocenters. The van der Waals surface area contributed by atoms with E-state index in [0.717, 1.165) is 17.8 Å². The first kappa shape index (κ1) is 18.8. The number of benzene rings is 5. The zero-order valence-electron chi connectivity index (χ0n) is 18.1. The van der Waals surface area contributed by atoms with Crippen LogP contribution in [0.25, 0.3) is 21.5 Å². The van der Waals surface area contributed by atoms with Gasteiger partial charge in [0.05, 0.1) is 17.4 Å². The maximum absolute atomic E-state index is 5.18. The van der Waals surface area contributed by atoms with Gasteiger partial charge >= 0.3 is 0 Å². The largest absolute Gasteiger partial charge is 0.257 e. The summed E-state index contributed by atoms with van der Waals surface area (Å²) in [4.78, 5) is 0. The van der Waals surface area contributed by atoms with Crippen LogP contribution in [-0.2, 0) is 0 Å². The topological polar surface area (TPSA) is 15.6 Å². The fourth-order valence-corrected chi connectivity index (χ4v) is 4.88. The van der Waals surface area contributed by atoms with E-state index < -0.39 is 0 Å². The summed E-state index contributed by atoms with van der Waals surface area (Å²) >= 11 is 0. The minimum absolute atomic E-state index is 0.129. The monoisotopic (exact) mass is 412 g/mol. The van der Waals surface area contributed by atoms with E-state index >= 15 is 0 Å². The van der Waals surface area contributed by atoms with Gasteiger partial charge in [-0.25, -0.2) is 0 Å². The molecule has 1 unspecified atom stereocenters. The zero-order valence-corrected chi connectivity index (χ0v) is 18.1. The predicted octanol–water partition coefficient (Wildman–Crippen LogP) is 7.66. The molecule has 0 amide bonds. The molecular weight excluding hydrogens is 388 g/mol. The Hall–Kier alpha value is -3.91. The third-order valence-electron chi connectivity index (χ3n) is 6.46. The molecule has 0 saturated heterocycles. The van der Waals surface area contributed by atoms with E-state index in [4.69, 9.17) is 5.10 Å². The van der Waals surface area contributed by atoms with E-state index in [-0.39, 0.29) is 6.04 Å². The molecule has 0 fully saturated rings. The van der Waals surface area contributed by atoms with Crippen molar-refractivity contribution in [1.82, 2.24) is 0 Å². The average molecular weight is 413 g/mol. The summed E-state index contributed by atoms with van der Waals surface area (Å²) in [6.45, 7) is 2.13. The summed E-state index contributed by atoms with van der Waals surface area (Å²) in [6, 6.07) is 39.2. The smallest absolute Gasteiger partial charge is 0.0843 e. The van der Waals surface area contributed by atoms with Crippen LogP contribution >= 0.6 is 0 Å². The average Bonchev–Trinajstić information content (AvgIpc) is 3.28. The van der Waals surface area contributed by atoms with E-state index in [0.29, 0.717) is 0 Å². The molecular formula is C30H24N2. The van der Waals surface area contributed by atoms with Crippen LogP contribution in [0.3, 0.4) is 0 Å². The summed E-state index contributed by atoms with van der Waals surface area (Å²) in [7, 11) is 0. The molecule has 0 saturated carbocycles. The Balaban J connectivity index is 1.58. The first-order chi connectivity index (χ1) is 15.8. The number of hydrogen-bond donors (Lipinski definition) is 0. The van der Waals surface area contributed by atoms with Crippen LogP contribution in [-0.4, -0.2) is 5.71 Å². The van der Waals surface area contributed by atoms with Gasteiger partial charge in [-0.15, -0.1) is 0 Å². The van der Waals surface area contributed by atoms with E-state index in [1.165, 1.54) is 38.2 Å². The highest BCUT2D eigenvalue weighted by Gasteiger charge is 2.32. The number of rotatable bonds is 3. The van der Waals surface area contributed by atoms with Crippen molar-refractivity contribution in [1.29, 1.82) is 0 Å². The summed E-state index contributed by atoms with van der Waals surface area (Å²) in [6.07, 6.45) is 0.871. The summed E-state index contributed by atoms with van der Waals surface area (Å²) in [5, 5.41) is 12.6. The maximum Gasteiger partial charge on any atom is 0.0843 e. The number of nitrogens with zero attached hydrogens (tertiary/aromatic N) is 2. The molecule has 0 aromatic heterocycles. The van der Waals surface area contributed by atoms with Crippen LogP contribution in [0.2, 0.25) is 0 Å². The fourth-order valence-electron chi connectivity index (χ4n) is 4.88. The van der Waals surface area contributed by atoms with Gasteiger partial charge in [-0.3, -0.25) is 5.01 Å². The van der Waals surface area contributed by atoms with Gasteiger partial charge in [-0.05, 0) is 57.8 Å². The van der Waals surface area contributed by atoms with Crippen LogP contribution in [0, 0.1) is 6.92 Å². The molecule has 2 nitrogen and oxygen atoms in total. The first-order valence-corrected chi connectivity index (χ1v) is 11.2. The minimum Gasteiger partial charge on any atom is -0.257 e. The van der Waals surface area contributed by atoms with Crippen molar-refractivity contribution in [3.05, 3.63) is 126 Å².